The first-order chi connectivity index (χ1) is 14.3. The maximum absolute atomic E-state index is 14.3. The zero-order valence-corrected chi connectivity index (χ0v) is 16.7. The van der Waals surface area contributed by atoms with Crippen molar-refractivity contribution in [2.75, 3.05) is 0 Å². The molecule has 0 aliphatic carbocycles. The van der Waals surface area contributed by atoms with E-state index in [-0.39, 0.29) is 0 Å². The van der Waals surface area contributed by atoms with Gasteiger partial charge in [0.15, 0.2) is 7.14 Å². The van der Waals surface area contributed by atoms with Crippen molar-refractivity contribution in [2.45, 2.75) is 0 Å². The first-order valence-corrected chi connectivity index (χ1v) is 11.4. The van der Waals surface area contributed by atoms with Gasteiger partial charge in [-0.05, 0) is 12.1 Å². The molecule has 2 nitrogen and oxygen atoms in total. The normalized spacial score (nSPS) is 12.1. The first kappa shape index (κ1) is 17.7. The van der Waals surface area contributed by atoms with Crippen LogP contribution in [0.25, 0.3) is 28.0 Å². The summed E-state index contributed by atoms with van der Waals surface area (Å²) in [5.41, 5.74) is 2.22. The van der Waals surface area contributed by atoms with Gasteiger partial charge in [0, 0.05) is 33.4 Å². The number of nitrogens with zero attached hydrogens (tertiary/aromatic N) is 1. The number of fused-ring (bicyclic) bond motifs is 3. The SMILES string of the molecule is O=P(C=Cn1c2ccccc2c2ccccc21)(c1ccccc1)c1ccccc1. The van der Waals surface area contributed by atoms with Crippen LogP contribution in [0, 0.1) is 0 Å². The quantitative estimate of drug-likeness (QED) is 0.332. The van der Waals surface area contributed by atoms with Gasteiger partial charge in [0.05, 0.1) is 11.0 Å². The molecule has 0 aliphatic heterocycles. The second-order valence-electron chi connectivity index (χ2n) is 7.03. The van der Waals surface area contributed by atoms with E-state index in [1.807, 2.05) is 84.8 Å². The van der Waals surface area contributed by atoms with Crippen molar-refractivity contribution >= 4 is 45.8 Å². The Morgan fingerprint density at radius 3 is 1.45 bits per heavy atom. The minimum atomic E-state index is -2.92. The topological polar surface area (TPSA) is 22.0 Å². The minimum Gasteiger partial charge on any atom is -0.316 e. The Hall–Kier alpha value is -3.35. The van der Waals surface area contributed by atoms with Gasteiger partial charge in [-0.3, -0.25) is 0 Å². The van der Waals surface area contributed by atoms with E-state index in [2.05, 4.69) is 41.0 Å². The summed E-state index contributed by atoms with van der Waals surface area (Å²) in [6.45, 7) is 0. The lowest BCUT2D eigenvalue weighted by Gasteiger charge is -2.15. The van der Waals surface area contributed by atoms with Crippen molar-refractivity contribution in [2.24, 2.45) is 0 Å². The molecule has 0 spiro atoms. The molecule has 1 aromatic heterocycles. The highest BCUT2D eigenvalue weighted by molar-refractivity contribution is 7.81. The second-order valence-corrected chi connectivity index (χ2v) is 9.68. The van der Waals surface area contributed by atoms with Gasteiger partial charge in [0.25, 0.3) is 0 Å². The molecule has 0 bridgehead atoms. The van der Waals surface area contributed by atoms with Crippen LogP contribution in [0.3, 0.4) is 0 Å². The van der Waals surface area contributed by atoms with E-state index in [1.54, 1.807) is 0 Å². The Morgan fingerprint density at radius 2 is 0.966 bits per heavy atom. The number of rotatable bonds is 4. The Bertz CT molecular complexity index is 1270. The number of hydrogen-bond donors (Lipinski definition) is 0. The fourth-order valence-corrected chi connectivity index (χ4v) is 6.09. The third-order valence-electron chi connectivity index (χ3n) is 5.32. The molecule has 0 saturated heterocycles. The summed E-state index contributed by atoms with van der Waals surface area (Å²) in [6.07, 6.45) is 1.98. The molecule has 0 unspecified atom stereocenters. The van der Waals surface area contributed by atoms with E-state index >= 15 is 0 Å². The van der Waals surface area contributed by atoms with Gasteiger partial charge in [-0.15, -0.1) is 0 Å². The van der Waals surface area contributed by atoms with Gasteiger partial charge < -0.3 is 9.13 Å². The number of hydrogen-bond acceptors (Lipinski definition) is 1. The maximum atomic E-state index is 14.3. The molecule has 140 valence electrons. The van der Waals surface area contributed by atoms with E-state index in [0.29, 0.717) is 0 Å². The van der Waals surface area contributed by atoms with Gasteiger partial charge in [-0.2, -0.15) is 0 Å². The Morgan fingerprint density at radius 1 is 0.552 bits per heavy atom. The second kappa shape index (κ2) is 7.24. The summed E-state index contributed by atoms with van der Waals surface area (Å²) in [5.74, 6) is 1.89. The highest BCUT2D eigenvalue weighted by Crippen LogP contribution is 2.45. The molecule has 0 N–H and O–H groups in total. The summed E-state index contributed by atoms with van der Waals surface area (Å²) < 4.78 is 16.4. The van der Waals surface area contributed by atoms with Gasteiger partial charge in [0.1, 0.15) is 0 Å². The van der Waals surface area contributed by atoms with Gasteiger partial charge in [0.2, 0.25) is 0 Å². The van der Waals surface area contributed by atoms with Crippen molar-refractivity contribution in [3.63, 3.8) is 0 Å². The van der Waals surface area contributed by atoms with E-state index in [9.17, 15) is 4.57 Å². The van der Waals surface area contributed by atoms with E-state index < -0.39 is 7.14 Å². The molecule has 0 aliphatic rings. The van der Waals surface area contributed by atoms with Crippen LogP contribution in [0.5, 0.6) is 0 Å². The lowest BCUT2D eigenvalue weighted by Crippen LogP contribution is -2.14. The lowest BCUT2D eigenvalue weighted by atomic mass is 10.2. The molecular weight excluding hydrogens is 373 g/mol. The van der Waals surface area contributed by atoms with Gasteiger partial charge in [-0.25, -0.2) is 0 Å². The van der Waals surface area contributed by atoms with Gasteiger partial charge in [-0.1, -0.05) is 97.1 Å². The Balaban J connectivity index is 1.74. The molecule has 0 amide bonds. The largest absolute Gasteiger partial charge is 0.316 e. The van der Waals surface area contributed by atoms with Crippen molar-refractivity contribution in [3.8, 4) is 0 Å². The molecular formula is C26H20NOP. The Labute approximate surface area is 170 Å². The molecule has 0 saturated carbocycles. The van der Waals surface area contributed by atoms with Crippen molar-refractivity contribution in [1.29, 1.82) is 0 Å². The molecule has 29 heavy (non-hydrogen) atoms. The van der Waals surface area contributed by atoms with Crippen LogP contribution in [0.4, 0.5) is 0 Å². The van der Waals surface area contributed by atoms with Crippen LogP contribution in [-0.4, -0.2) is 4.57 Å². The third-order valence-corrected chi connectivity index (χ3v) is 8.01. The average Bonchev–Trinajstić information content (AvgIpc) is 3.12. The average molecular weight is 393 g/mol. The van der Waals surface area contributed by atoms with Crippen molar-refractivity contribution < 1.29 is 4.57 Å². The number of benzene rings is 4. The molecule has 4 aromatic carbocycles. The summed E-state index contributed by atoms with van der Waals surface area (Å²) in [6, 6.07) is 36.2. The van der Waals surface area contributed by atoms with Crippen molar-refractivity contribution in [1.82, 2.24) is 4.57 Å². The summed E-state index contributed by atoms with van der Waals surface area (Å²) in [5, 5.41) is 4.07. The van der Waals surface area contributed by atoms with Crippen LogP contribution >= 0.6 is 7.14 Å². The molecule has 3 heteroatoms. The minimum absolute atomic E-state index is 0.836. The molecule has 1 heterocycles. The predicted octanol–water partition coefficient (Wildman–Crippen LogP) is 6.24. The fraction of sp³-hybridized carbons (Fsp3) is 0. The van der Waals surface area contributed by atoms with E-state index in [1.165, 1.54) is 10.8 Å². The lowest BCUT2D eigenvalue weighted by molar-refractivity contribution is 0.592. The van der Waals surface area contributed by atoms with Crippen LogP contribution < -0.4 is 10.6 Å². The zero-order chi connectivity index (χ0) is 19.7. The van der Waals surface area contributed by atoms with Crippen molar-refractivity contribution in [3.05, 3.63) is 115 Å². The Kier molecular flexibility index (Phi) is 4.42. The molecule has 0 radical (unpaired) electrons. The predicted molar refractivity (Wildman–Crippen MR) is 125 cm³/mol. The van der Waals surface area contributed by atoms with Crippen LogP contribution in [0.1, 0.15) is 0 Å². The maximum Gasteiger partial charge on any atom is 0.165 e. The first-order valence-electron chi connectivity index (χ1n) is 9.65. The standard InChI is InChI=1S/C26H20NOP/c28-29(21-11-3-1-4-12-21,22-13-5-2-6-14-22)20-19-27-25-17-9-7-15-23(25)24-16-8-10-18-26(24)27/h1-20H. The molecule has 5 rings (SSSR count). The monoisotopic (exact) mass is 393 g/mol. The third kappa shape index (κ3) is 3.03. The zero-order valence-electron chi connectivity index (χ0n) is 15.8. The van der Waals surface area contributed by atoms with Crippen LogP contribution in [0.15, 0.2) is 115 Å². The van der Waals surface area contributed by atoms with E-state index in [0.717, 1.165) is 21.6 Å². The summed E-state index contributed by atoms with van der Waals surface area (Å²) >= 11 is 0. The highest BCUT2D eigenvalue weighted by atomic mass is 31.2. The molecule has 0 atom stereocenters. The molecule has 5 aromatic rings. The smallest absolute Gasteiger partial charge is 0.165 e. The van der Waals surface area contributed by atoms with Gasteiger partial charge >= 0.3 is 0 Å². The van der Waals surface area contributed by atoms with E-state index in [4.69, 9.17) is 0 Å². The number of para-hydroxylation sites is 2. The summed E-state index contributed by atoms with van der Waals surface area (Å²) in [4.78, 5) is 0. The molecule has 0 fully saturated rings. The van der Waals surface area contributed by atoms with Crippen LogP contribution in [0.2, 0.25) is 0 Å². The highest BCUT2D eigenvalue weighted by Gasteiger charge is 2.24. The number of aromatic nitrogens is 1. The fourth-order valence-electron chi connectivity index (χ4n) is 3.89. The summed E-state index contributed by atoms with van der Waals surface area (Å²) in [7, 11) is -2.92. The van der Waals surface area contributed by atoms with Crippen LogP contribution in [-0.2, 0) is 4.57 Å².